The molecule has 0 amide bonds. The van der Waals surface area contributed by atoms with Crippen LogP contribution in [0.3, 0.4) is 0 Å². The molecule has 24 heavy (non-hydrogen) atoms. The Hall–Kier alpha value is -3.49. The number of carbonyl (C=O) groups is 1. The molecule has 2 rings (SSSR count). The molecular formula is C15H15N5O4. The van der Waals surface area contributed by atoms with Gasteiger partial charge in [0.2, 0.25) is 0 Å². The number of esters is 1. The Labute approximate surface area is 137 Å². The van der Waals surface area contributed by atoms with Gasteiger partial charge < -0.3 is 15.8 Å². The number of nitrogen functional groups attached to an aromatic ring is 1. The molecule has 124 valence electrons. The number of nitrogens with one attached hydrogen (secondary N) is 1. The van der Waals surface area contributed by atoms with Crippen LogP contribution in [0.1, 0.15) is 11.4 Å². The fourth-order valence-corrected chi connectivity index (χ4v) is 1.86. The summed E-state index contributed by atoms with van der Waals surface area (Å²) < 4.78 is 4.47. The van der Waals surface area contributed by atoms with E-state index in [0.717, 1.165) is 0 Å². The number of benzene rings is 1. The van der Waals surface area contributed by atoms with Crippen molar-refractivity contribution in [2.75, 3.05) is 18.2 Å². The number of aromatic nitrogens is 2. The second-order valence-electron chi connectivity index (χ2n) is 4.64. The van der Waals surface area contributed by atoms with Gasteiger partial charge in [-0.05, 0) is 23.8 Å². The Balaban J connectivity index is 2.19. The molecule has 0 saturated carbocycles. The van der Waals surface area contributed by atoms with Crippen molar-refractivity contribution >= 4 is 29.2 Å². The number of methoxy groups -OCH3 is 1. The zero-order valence-electron chi connectivity index (χ0n) is 12.8. The molecule has 0 bridgehead atoms. The normalized spacial score (nSPS) is 10.5. The lowest BCUT2D eigenvalue weighted by Gasteiger charge is -2.07. The third kappa shape index (κ3) is 4.50. The molecule has 0 atom stereocenters. The zero-order chi connectivity index (χ0) is 17.5. The summed E-state index contributed by atoms with van der Waals surface area (Å²) in [6.07, 6.45) is 4.13. The first-order valence-corrected chi connectivity index (χ1v) is 6.85. The first-order chi connectivity index (χ1) is 11.5. The molecule has 0 fully saturated rings. The van der Waals surface area contributed by atoms with Crippen molar-refractivity contribution in [1.29, 1.82) is 0 Å². The van der Waals surface area contributed by atoms with Gasteiger partial charge in [0.15, 0.2) is 0 Å². The van der Waals surface area contributed by atoms with Crippen LogP contribution in [0.25, 0.3) is 6.08 Å². The Kier molecular flexibility index (Phi) is 5.40. The lowest BCUT2D eigenvalue weighted by Crippen LogP contribution is -2.07. The highest BCUT2D eigenvalue weighted by Gasteiger charge is 2.14. The second-order valence-corrected chi connectivity index (χ2v) is 4.64. The minimum atomic E-state index is -0.543. The van der Waals surface area contributed by atoms with E-state index in [4.69, 9.17) is 5.73 Å². The van der Waals surface area contributed by atoms with Gasteiger partial charge in [-0.25, -0.2) is 14.8 Å². The van der Waals surface area contributed by atoms with Gasteiger partial charge in [-0.3, -0.25) is 10.1 Å². The van der Waals surface area contributed by atoms with Crippen molar-refractivity contribution in [2.45, 2.75) is 6.54 Å². The molecule has 9 nitrogen and oxygen atoms in total. The van der Waals surface area contributed by atoms with Crippen LogP contribution in [-0.4, -0.2) is 28.0 Å². The van der Waals surface area contributed by atoms with E-state index in [1.807, 2.05) is 0 Å². The van der Waals surface area contributed by atoms with E-state index in [0.29, 0.717) is 22.9 Å². The number of anilines is 2. The highest BCUT2D eigenvalue weighted by molar-refractivity contribution is 5.87. The molecule has 9 heteroatoms. The van der Waals surface area contributed by atoms with Crippen LogP contribution in [0.4, 0.5) is 17.2 Å². The van der Waals surface area contributed by atoms with Gasteiger partial charge in [-0.15, -0.1) is 0 Å². The summed E-state index contributed by atoms with van der Waals surface area (Å²) in [4.78, 5) is 29.8. The molecule has 0 radical (unpaired) electrons. The maximum absolute atomic E-state index is 11.2. The van der Waals surface area contributed by atoms with Crippen LogP contribution < -0.4 is 11.1 Å². The third-order valence-electron chi connectivity index (χ3n) is 3.00. The predicted octanol–water partition coefficient (Wildman–Crippen LogP) is 1.77. The second kappa shape index (κ2) is 7.68. The van der Waals surface area contributed by atoms with E-state index >= 15 is 0 Å². The zero-order valence-corrected chi connectivity index (χ0v) is 12.8. The van der Waals surface area contributed by atoms with Crippen molar-refractivity contribution in [3.8, 4) is 0 Å². The lowest BCUT2D eigenvalue weighted by molar-refractivity contribution is -0.384. The fraction of sp³-hybridized carbons (Fsp3) is 0.133. The number of hydrogen-bond acceptors (Lipinski definition) is 8. The summed E-state index contributed by atoms with van der Waals surface area (Å²) in [6, 6.07) is 6.08. The number of hydrogen-bond donors (Lipinski definition) is 2. The minimum Gasteiger partial charge on any atom is -0.466 e. The van der Waals surface area contributed by atoms with E-state index in [1.165, 1.54) is 31.5 Å². The van der Waals surface area contributed by atoms with Crippen LogP contribution in [-0.2, 0) is 16.1 Å². The van der Waals surface area contributed by atoms with Gasteiger partial charge in [-0.1, -0.05) is 6.07 Å². The van der Waals surface area contributed by atoms with Crippen molar-refractivity contribution in [3.63, 3.8) is 0 Å². The fourth-order valence-electron chi connectivity index (χ4n) is 1.86. The maximum Gasteiger partial charge on any atom is 0.330 e. The number of ether oxygens (including phenoxy) is 1. The van der Waals surface area contributed by atoms with Gasteiger partial charge >= 0.3 is 5.97 Å². The number of carbonyl (C=O) groups excluding carboxylic acids is 1. The van der Waals surface area contributed by atoms with Crippen LogP contribution in [0.2, 0.25) is 0 Å². The Morgan fingerprint density at radius 2 is 2.25 bits per heavy atom. The molecule has 0 spiro atoms. The number of nitrogens with zero attached hydrogens (tertiary/aromatic N) is 3. The van der Waals surface area contributed by atoms with E-state index < -0.39 is 10.9 Å². The molecule has 0 aliphatic heterocycles. The van der Waals surface area contributed by atoms with E-state index in [1.54, 1.807) is 18.2 Å². The quantitative estimate of drug-likeness (QED) is 0.354. The highest BCUT2D eigenvalue weighted by Crippen LogP contribution is 2.26. The van der Waals surface area contributed by atoms with Crippen LogP contribution in [0, 0.1) is 10.1 Å². The Morgan fingerprint density at radius 3 is 2.92 bits per heavy atom. The molecule has 0 unspecified atom stereocenters. The molecule has 1 aromatic carbocycles. The van der Waals surface area contributed by atoms with Gasteiger partial charge in [-0.2, -0.15) is 0 Å². The number of nitrogens with two attached hydrogens (primary N) is 1. The molecule has 1 aromatic heterocycles. The van der Waals surface area contributed by atoms with Gasteiger partial charge in [0.05, 0.1) is 18.6 Å². The number of rotatable bonds is 6. The Bertz CT molecular complexity index is 791. The molecular weight excluding hydrogens is 314 g/mol. The van der Waals surface area contributed by atoms with E-state index in [2.05, 4.69) is 20.0 Å². The van der Waals surface area contributed by atoms with E-state index in [9.17, 15) is 14.9 Å². The molecule has 0 aliphatic carbocycles. The monoisotopic (exact) mass is 329 g/mol. The highest BCUT2D eigenvalue weighted by atomic mass is 16.6. The smallest absolute Gasteiger partial charge is 0.330 e. The van der Waals surface area contributed by atoms with E-state index in [-0.39, 0.29) is 12.2 Å². The minimum absolute atomic E-state index is 0.133. The number of nitro groups is 1. The van der Waals surface area contributed by atoms with Crippen molar-refractivity contribution in [2.24, 2.45) is 0 Å². The van der Waals surface area contributed by atoms with Crippen LogP contribution in [0.5, 0.6) is 0 Å². The maximum atomic E-state index is 11.2. The summed E-state index contributed by atoms with van der Waals surface area (Å²) in [5, 5.41) is 14.1. The lowest BCUT2D eigenvalue weighted by atomic mass is 10.1. The van der Waals surface area contributed by atoms with Gasteiger partial charge in [0, 0.05) is 18.3 Å². The Morgan fingerprint density at radius 1 is 1.46 bits per heavy atom. The summed E-state index contributed by atoms with van der Waals surface area (Å²) in [5.41, 5.74) is 6.23. The molecule has 3 N–H and O–H groups in total. The number of nitro benzene ring substituents is 1. The van der Waals surface area contributed by atoms with Crippen molar-refractivity contribution < 1.29 is 14.5 Å². The van der Waals surface area contributed by atoms with Gasteiger partial charge in [0.1, 0.15) is 17.3 Å². The standard InChI is InChI=1S/C15H15N5O4/c1-24-15(21)5-3-10-2-4-11(12(8-10)20(22)23)18-9-14-17-7-6-13(16)19-14/h2-8,18H,9H2,1H3,(H2,16,17,19)/b5-3+. The van der Waals surface area contributed by atoms with Crippen LogP contribution in [0.15, 0.2) is 36.5 Å². The summed E-state index contributed by atoms with van der Waals surface area (Å²) in [5.74, 6) is 0.192. The first kappa shape index (κ1) is 16.9. The summed E-state index contributed by atoms with van der Waals surface area (Å²) in [7, 11) is 1.25. The average molecular weight is 329 g/mol. The topological polar surface area (TPSA) is 133 Å². The molecule has 0 aliphatic rings. The van der Waals surface area contributed by atoms with Crippen LogP contribution >= 0.6 is 0 Å². The SMILES string of the molecule is COC(=O)/C=C/c1ccc(NCc2nccc(N)n2)c([N+](=O)[O-])c1. The van der Waals surface area contributed by atoms with Crippen molar-refractivity contribution in [1.82, 2.24) is 9.97 Å². The third-order valence-corrected chi connectivity index (χ3v) is 3.00. The summed E-state index contributed by atoms with van der Waals surface area (Å²) >= 11 is 0. The first-order valence-electron chi connectivity index (χ1n) is 6.85. The molecule has 0 saturated heterocycles. The predicted molar refractivity (Wildman–Crippen MR) is 87.9 cm³/mol. The largest absolute Gasteiger partial charge is 0.466 e. The average Bonchev–Trinajstić information content (AvgIpc) is 2.58. The van der Waals surface area contributed by atoms with Gasteiger partial charge in [0.25, 0.3) is 5.69 Å². The van der Waals surface area contributed by atoms with Crippen molar-refractivity contribution in [3.05, 3.63) is 58.0 Å². The molecule has 2 aromatic rings. The molecule has 1 heterocycles. The summed E-state index contributed by atoms with van der Waals surface area (Å²) in [6.45, 7) is 0.184.